The number of hydrogen-bond acceptors (Lipinski definition) is 3. The monoisotopic (exact) mass is 475 g/mol. The fourth-order valence-electron chi connectivity index (χ4n) is 3.94. The second kappa shape index (κ2) is 9.24. The highest BCUT2D eigenvalue weighted by Gasteiger charge is 2.33. The molecule has 2 aromatic carbocycles. The molecule has 0 saturated carbocycles. The van der Waals surface area contributed by atoms with Crippen LogP contribution in [-0.4, -0.2) is 16.1 Å². The van der Waals surface area contributed by atoms with Crippen LogP contribution in [0.3, 0.4) is 0 Å². The van der Waals surface area contributed by atoms with E-state index < -0.39 is 34.9 Å². The van der Waals surface area contributed by atoms with Gasteiger partial charge in [0.25, 0.3) is 0 Å². The number of hydrogen-bond donors (Lipinski definition) is 1. The molecule has 9 heteroatoms. The Morgan fingerprint density at radius 1 is 1.00 bits per heavy atom. The molecule has 1 N–H and O–H groups in total. The summed E-state index contributed by atoms with van der Waals surface area (Å²) in [5.41, 5.74) is 0.243. The lowest BCUT2D eigenvalue weighted by Gasteiger charge is -2.16. The Hall–Kier alpha value is -3.75. The quantitative estimate of drug-likeness (QED) is 0.401. The van der Waals surface area contributed by atoms with Crippen LogP contribution in [0.25, 0.3) is 11.1 Å². The van der Waals surface area contributed by atoms with Gasteiger partial charge in [0.15, 0.2) is 0 Å². The first-order chi connectivity index (χ1) is 16.1. The number of alkyl halides is 3. The van der Waals surface area contributed by atoms with E-state index >= 15 is 0 Å². The van der Waals surface area contributed by atoms with E-state index in [9.17, 15) is 31.9 Å². The number of allylic oxidation sites excluding steroid dienone is 2. The topological polar surface area (TPSA) is 59.4 Å². The van der Waals surface area contributed by atoms with Crippen LogP contribution >= 0.6 is 0 Å². The first-order valence-electron chi connectivity index (χ1n) is 10.3. The fourth-order valence-corrected chi connectivity index (χ4v) is 3.94. The largest absolute Gasteiger partial charge is 0.478 e. The smallest absolute Gasteiger partial charge is 0.417 e. The van der Waals surface area contributed by atoms with Crippen LogP contribution < -0.4 is 4.74 Å². The molecule has 4 nitrogen and oxygen atoms in total. The van der Waals surface area contributed by atoms with Crippen molar-refractivity contribution in [3.8, 4) is 5.88 Å². The van der Waals surface area contributed by atoms with Gasteiger partial charge in [-0.1, -0.05) is 24.3 Å². The van der Waals surface area contributed by atoms with E-state index in [1.165, 1.54) is 30.3 Å². The maximum absolute atomic E-state index is 14.0. The van der Waals surface area contributed by atoms with Crippen molar-refractivity contribution in [3.05, 3.63) is 94.2 Å². The number of nitrogens with zero attached hydrogens (tertiary/aromatic N) is 1. The average molecular weight is 475 g/mol. The number of rotatable bonds is 6. The van der Waals surface area contributed by atoms with Crippen LogP contribution in [0.2, 0.25) is 0 Å². The molecule has 0 amide bonds. The minimum absolute atomic E-state index is 0.0832. The molecule has 3 aromatic rings. The van der Waals surface area contributed by atoms with Crippen molar-refractivity contribution in [2.75, 3.05) is 0 Å². The van der Waals surface area contributed by atoms with E-state index in [4.69, 9.17) is 4.74 Å². The van der Waals surface area contributed by atoms with Crippen LogP contribution in [-0.2, 0) is 12.8 Å². The van der Waals surface area contributed by atoms with Gasteiger partial charge >= 0.3 is 12.1 Å². The van der Waals surface area contributed by atoms with E-state index in [0.717, 1.165) is 12.1 Å². The van der Waals surface area contributed by atoms with Crippen molar-refractivity contribution >= 4 is 17.1 Å². The Balaban J connectivity index is 1.81. The zero-order valence-corrected chi connectivity index (χ0v) is 17.6. The van der Waals surface area contributed by atoms with Crippen LogP contribution in [0.15, 0.2) is 54.7 Å². The third kappa shape index (κ3) is 4.78. The number of benzene rings is 2. The molecule has 34 heavy (non-hydrogen) atoms. The van der Waals surface area contributed by atoms with Gasteiger partial charge in [0.05, 0.1) is 11.1 Å². The summed E-state index contributed by atoms with van der Waals surface area (Å²) in [6, 6.07) is 10.3. The number of halogens is 5. The second-order valence-electron chi connectivity index (χ2n) is 7.76. The van der Waals surface area contributed by atoms with Crippen molar-refractivity contribution in [2.24, 2.45) is 0 Å². The summed E-state index contributed by atoms with van der Waals surface area (Å²) in [6.45, 7) is -0.250. The Bertz CT molecular complexity index is 1280. The first kappa shape index (κ1) is 23.4. The Kier molecular flexibility index (Phi) is 6.37. The molecule has 176 valence electrons. The second-order valence-corrected chi connectivity index (χ2v) is 7.76. The van der Waals surface area contributed by atoms with Gasteiger partial charge in [-0.05, 0) is 60.2 Å². The van der Waals surface area contributed by atoms with E-state index in [1.807, 2.05) is 0 Å². The predicted molar refractivity (Wildman–Crippen MR) is 114 cm³/mol. The number of carboxylic acids is 1. The highest BCUT2D eigenvalue weighted by molar-refractivity contribution is 5.96. The predicted octanol–water partition coefficient (Wildman–Crippen LogP) is 6.75. The molecule has 0 bridgehead atoms. The van der Waals surface area contributed by atoms with Gasteiger partial charge in [-0.3, -0.25) is 0 Å². The highest BCUT2D eigenvalue weighted by Crippen LogP contribution is 2.44. The first-order valence-corrected chi connectivity index (χ1v) is 10.3. The molecular weight excluding hydrogens is 457 g/mol. The van der Waals surface area contributed by atoms with E-state index in [1.54, 1.807) is 6.07 Å². The van der Waals surface area contributed by atoms with Crippen molar-refractivity contribution in [3.63, 3.8) is 0 Å². The van der Waals surface area contributed by atoms with Gasteiger partial charge in [0.2, 0.25) is 5.88 Å². The van der Waals surface area contributed by atoms with Crippen molar-refractivity contribution in [1.82, 2.24) is 4.98 Å². The summed E-state index contributed by atoms with van der Waals surface area (Å²) < 4.78 is 73.9. The van der Waals surface area contributed by atoms with E-state index in [2.05, 4.69) is 4.98 Å². The van der Waals surface area contributed by atoms with Crippen molar-refractivity contribution in [1.29, 1.82) is 0 Å². The SMILES string of the molecule is O=C(O)c1cc(C2=C(c3cc(C(F)(F)F)cnc3OCc3ccccc3F)CCC2)ccc1F. The Morgan fingerprint density at radius 2 is 1.74 bits per heavy atom. The minimum atomic E-state index is -4.66. The lowest BCUT2D eigenvalue weighted by molar-refractivity contribution is -0.137. The van der Waals surface area contributed by atoms with Crippen molar-refractivity contribution in [2.45, 2.75) is 32.0 Å². The summed E-state index contributed by atoms with van der Waals surface area (Å²) >= 11 is 0. The maximum Gasteiger partial charge on any atom is 0.417 e. The van der Waals surface area contributed by atoms with Crippen LogP contribution in [0.1, 0.15) is 51.9 Å². The third-order valence-electron chi connectivity index (χ3n) is 5.59. The van der Waals surface area contributed by atoms with Crippen LogP contribution in [0, 0.1) is 11.6 Å². The number of aromatic nitrogens is 1. The average Bonchev–Trinajstić information content (AvgIpc) is 3.27. The molecule has 0 unspecified atom stereocenters. The van der Waals surface area contributed by atoms with Gasteiger partial charge < -0.3 is 9.84 Å². The Morgan fingerprint density at radius 3 is 2.44 bits per heavy atom. The summed E-state index contributed by atoms with van der Waals surface area (Å²) in [6.07, 6.45) is -2.59. The van der Waals surface area contributed by atoms with Gasteiger partial charge in [-0.25, -0.2) is 18.6 Å². The van der Waals surface area contributed by atoms with Gasteiger partial charge in [-0.15, -0.1) is 0 Å². The molecule has 1 aliphatic rings. The molecule has 0 saturated heterocycles. The number of carbonyl (C=O) groups is 1. The standard InChI is InChI=1S/C25H18F5NO3/c26-21-7-2-1-4-15(21)13-34-23-19(11-16(12-31-23)25(28,29)30)18-6-3-5-17(18)14-8-9-22(27)20(10-14)24(32)33/h1-2,4,7-12H,3,5-6,13H2,(H,32,33). The molecular formula is C25H18F5NO3. The molecule has 0 radical (unpaired) electrons. The molecule has 0 atom stereocenters. The zero-order valence-electron chi connectivity index (χ0n) is 17.6. The Labute approximate surface area is 191 Å². The van der Waals surface area contributed by atoms with Crippen LogP contribution in [0.5, 0.6) is 5.88 Å². The summed E-state index contributed by atoms with van der Waals surface area (Å²) in [5.74, 6) is -2.99. The maximum atomic E-state index is 14.0. The summed E-state index contributed by atoms with van der Waals surface area (Å²) in [7, 11) is 0. The summed E-state index contributed by atoms with van der Waals surface area (Å²) in [5, 5.41) is 9.24. The van der Waals surface area contributed by atoms with E-state index in [-0.39, 0.29) is 23.6 Å². The van der Waals surface area contributed by atoms with E-state index in [0.29, 0.717) is 42.2 Å². The molecule has 0 spiro atoms. The summed E-state index contributed by atoms with van der Waals surface area (Å²) in [4.78, 5) is 15.2. The third-order valence-corrected chi connectivity index (χ3v) is 5.59. The minimum Gasteiger partial charge on any atom is -0.478 e. The normalized spacial score (nSPS) is 13.9. The molecule has 4 rings (SSSR count). The van der Waals surface area contributed by atoms with Gasteiger partial charge in [0.1, 0.15) is 18.2 Å². The number of ether oxygens (including phenoxy) is 1. The molecule has 0 aliphatic heterocycles. The number of pyridine rings is 1. The van der Waals surface area contributed by atoms with Crippen molar-refractivity contribution < 1.29 is 36.6 Å². The fraction of sp³-hybridized carbons (Fsp3) is 0.200. The van der Waals surface area contributed by atoms with Crippen LogP contribution in [0.4, 0.5) is 22.0 Å². The lowest BCUT2D eigenvalue weighted by atomic mass is 9.95. The van der Waals surface area contributed by atoms with Gasteiger partial charge in [0, 0.05) is 17.3 Å². The number of aromatic carboxylic acids is 1. The molecule has 1 heterocycles. The molecule has 1 aromatic heterocycles. The molecule has 0 fully saturated rings. The van der Waals surface area contributed by atoms with Gasteiger partial charge in [-0.2, -0.15) is 13.2 Å². The highest BCUT2D eigenvalue weighted by atomic mass is 19.4. The zero-order chi connectivity index (χ0) is 24.5. The lowest BCUT2D eigenvalue weighted by Crippen LogP contribution is -2.09. The molecule has 1 aliphatic carbocycles. The number of carboxylic acid groups (broad SMARTS) is 1.